The van der Waals surface area contributed by atoms with Gasteiger partial charge in [-0.3, -0.25) is 0 Å². The lowest BCUT2D eigenvalue weighted by atomic mass is 10.0. The third-order valence-corrected chi connectivity index (χ3v) is 5.84. The quantitative estimate of drug-likeness (QED) is 0.413. The zero-order valence-corrected chi connectivity index (χ0v) is 15.7. The minimum Gasteiger partial charge on any atom is -0.380 e. The van der Waals surface area contributed by atoms with Crippen LogP contribution in [0.2, 0.25) is 0 Å². The fraction of sp³-hybridized carbons (Fsp3) is 0.167. The van der Waals surface area contributed by atoms with Gasteiger partial charge >= 0.3 is 0 Å². The van der Waals surface area contributed by atoms with Gasteiger partial charge in [-0.2, -0.15) is 0 Å². The Kier molecular flexibility index (Phi) is 4.96. The summed E-state index contributed by atoms with van der Waals surface area (Å²) in [5.41, 5.74) is 7.33. The summed E-state index contributed by atoms with van der Waals surface area (Å²) in [4.78, 5) is 4.52. The van der Waals surface area contributed by atoms with Crippen LogP contribution in [-0.4, -0.2) is 11.5 Å². The molecule has 1 heterocycles. The van der Waals surface area contributed by atoms with Gasteiger partial charge in [0.15, 0.2) is 0 Å². The van der Waals surface area contributed by atoms with E-state index in [4.69, 9.17) is 0 Å². The largest absolute Gasteiger partial charge is 0.380 e. The Hall–Kier alpha value is -1.47. The van der Waals surface area contributed by atoms with Crippen molar-refractivity contribution in [2.75, 3.05) is 11.9 Å². The molecule has 0 bridgehead atoms. The van der Waals surface area contributed by atoms with Crippen molar-refractivity contribution >= 4 is 49.8 Å². The van der Waals surface area contributed by atoms with Gasteiger partial charge in [-0.1, -0.05) is 24.3 Å². The fourth-order valence-corrected chi connectivity index (χ4v) is 4.15. The van der Waals surface area contributed by atoms with E-state index in [-0.39, 0.29) is 5.82 Å². The molecule has 0 amide bonds. The van der Waals surface area contributed by atoms with Crippen LogP contribution in [0.4, 0.5) is 10.1 Å². The van der Waals surface area contributed by atoms with Crippen LogP contribution in [0.3, 0.4) is 0 Å². The number of nitrogens with zero attached hydrogens (tertiary/aromatic N) is 1. The molecular weight excluding hydrogens is 422 g/mol. The summed E-state index contributed by atoms with van der Waals surface area (Å²) < 4.78 is 15.5. The SMILES string of the molecule is C=C(C)CNc1cc(Cc2ccc(F)cc2)c2ncsc2c1I. The number of nitrogens with one attached hydrogen (secondary N) is 1. The maximum absolute atomic E-state index is 13.1. The van der Waals surface area contributed by atoms with Gasteiger partial charge in [0.25, 0.3) is 0 Å². The normalized spacial score (nSPS) is 10.9. The Morgan fingerprint density at radius 3 is 2.78 bits per heavy atom. The lowest BCUT2D eigenvalue weighted by molar-refractivity contribution is 0.627. The van der Waals surface area contributed by atoms with Crippen molar-refractivity contribution in [3.05, 3.63) is 68.5 Å². The highest BCUT2D eigenvalue weighted by Crippen LogP contribution is 2.34. The van der Waals surface area contributed by atoms with E-state index in [9.17, 15) is 4.39 Å². The molecule has 3 aromatic rings. The number of rotatable bonds is 5. The van der Waals surface area contributed by atoms with E-state index in [1.165, 1.54) is 20.4 Å². The van der Waals surface area contributed by atoms with Crippen LogP contribution in [0.15, 0.2) is 48.0 Å². The second kappa shape index (κ2) is 6.97. The minimum atomic E-state index is -0.209. The summed E-state index contributed by atoms with van der Waals surface area (Å²) in [5, 5.41) is 3.44. The van der Waals surface area contributed by atoms with E-state index in [2.05, 4.69) is 45.5 Å². The Balaban J connectivity index is 2.00. The van der Waals surface area contributed by atoms with Gasteiger partial charge in [-0.05, 0) is 65.3 Å². The van der Waals surface area contributed by atoms with Gasteiger partial charge in [0.1, 0.15) is 5.82 Å². The minimum absolute atomic E-state index is 0.209. The number of benzene rings is 2. The fourth-order valence-electron chi connectivity index (χ4n) is 2.39. The molecule has 0 aliphatic heterocycles. The molecule has 1 N–H and O–H groups in total. The van der Waals surface area contributed by atoms with Crippen molar-refractivity contribution in [1.29, 1.82) is 0 Å². The first-order valence-corrected chi connectivity index (χ1v) is 9.17. The zero-order chi connectivity index (χ0) is 16.4. The highest BCUT2D eigenvalue weighted by atomic mass is 127. The predicted molar refractivity (Wildman–Crippen MR) is 105 cm³/mol. The average Bonchev–Trinajstić information content (AvgIpc) is 3.01. The van der Waals surface area contributed by atoms with Crippen LogP contribution in [0.5, 0.6) is 0 Å². The average molecular weight is 438 g/mol. The summed E-state index contributed by atoms with van der Waals surface area (Å²) in [6, 6.07) is 8.80. The molecule has 118 valence electrons. The molecular formula is C18H16FIN2S. The van der Waals surface area contributed by atoms with Crippen LogP contribution in [0.25, 0.3) is 10.2 Å². The maximum atomic E-state index is 13.1. The standard InChI is InChI=1S/C18H16FIN2S/c1-11(2)9-21-15-8-13(7-12-3-5-14(19)6-4-12)17-18(16(15)20)23-10-22-17/h3-6,8,10,21H,1,7,9H2,2H3. The molecule has 0 radical (unpaired) electrons. The third-order valence-electron chi connectivity index (χ3n) is 3.51. The van der Waals surface area contributed by atoms with E-state index in [1.54, 1.807) is 11.3 Å². The van der Waals surface area contributed by atoms with Crippen molar-refractivity contribution in [3.8, 4) is 0 Å². The second-order valence-corrected chi connectivity index (χ2v) is 7.47. The molecule has 5 heteroatoms. The Bertz CT molecular complexity index is 855. The number of thiazole rings is 1. The molecule has 0 saturated carbocycles. The smallest absolute Gasteiger partial charge is 0.123 e. The van der Waals surface area contributed by atoms with E-state index >= 15 is 0 Å². The van der Waals surface area contributed by atoms with Crippen molar-refractivity contribution < 1.29 is 4.39 Å². The Labute approximate surface area is 152 Å². The summed E-state index contributed by atoms with van der Waals surface area (Å²) in [7, 11) is 0. The molecule has 0 saturated heterocycles. The highest BCUT2D eigenvalue weighted by Gasteiger charge is 2.13. The lowest BCUT2D eigenvalue weighted by Crippen LogP contribution is -2.05. The first-order chi connectivity index (χ1) is 11.0. The van der Waals surface area contributed by atoms with Gasteiger partial charge in [0, 0.05) is 12.2 Å². The molecule has 3 rings (SSSR count). The van der Waals surface area contributed by atoms with Crippen molar-refractivity contribution in [3.63, 3.8) is 0 Å². The first kappa shape index (κ1) is 16.4. The zero-order valence-electron chi connectivity index (χ0n) is 12.7. The van der Waals surface area contributed by atoms with Crippen molar-refractivity contribution in [1.82, 2.24) is 4.98 Å². The molecule has 1 aromatic heterocycles. The molecule has 2 aromatic carbocycles. The number of halogens is 2. The van der Waals surface area contributed by atoms with Gasteiger partial charge in [0.05, 0.1) is 19.3 Å². The molecule has 0 unspecified atom stereocenters. The molecule has 0 spiro atoms. The molecule has 0 aliphatic rings. The Morgan fingerprint density at radius 1 is 1.35 bits per heavy atom. The summed E-state index contributed by atoms with van der Waals surface area (Å²) >= 11 is 4.01. The van der Waals surface area contributed by atoms with Gasteiger partial charge in [-0.15, -0.1) is 11.3 Å². The summed E-state index contributed by atoms with van der Waals surface area (Å²) in [6.07, 6.45) is 0.735. The topological polar surface area (TPSA) is 24.9 Å². The number of hydrogen-bond acceptors (Lipinski definition) is 3. The number of fused-ring (bicyclic) bond motifs is 1. The van der Waals surface area contributed by atoms with Crippen LogP contribution in [-0.2, 0) is 6.42 Å². The summed E-state index contributed by atoms with van der Waals surface area (Å²) in [5.74, 6) is -0.209. The Morgan fingerprint density at radius 2 is 2.09 bits per heavy atom. The van der Waals surface area contributed by atoms with Crippen molar-refractivity contribution in [2.45, 2.75) is 13.3 Å². The second-order valence-electron chi connectivity index (χ2n) is 5.54. The van der Waals surface area contributed by atoms with Crippen LogP contribution >= 0.6 is 33.9 Å². The molecule has 2 nitrogen and oxygen atoms in total. The molecule has 23 heavy (non-hydrogen) atoms. The number of hydrogen-bond donors (Lipinski definition) is 1. The van der Waals surface area contributed by atoms with Crippen LogP contribution in [0, 0.1) is 9.39 Å². The predicted octanol–water partition coefficient (Wildman–Crippen LogP) is 5.62. The number of aromatic nitrogens is 1. The monoisotopic (exact) mass is 438 g/mol. The van der Waals surface area contributed by atoms with E-state index in [0.29, 0.717) is 0 Å². The maximum Gasteiger partial charge on any atom is 0.123 e. The van der Waals surface area contributed by atoms with E-state index in [1.807, 2.05) is 24.6 Å². The molecule has 0 atom stereocenters. The lowest BCUT2D eigenvalue weighted by Gasteiger charge is -2.12. The van der Waals surface area contributed by atoms with Crippen molar-refractivity contribution in [2.24, 2.45) is 0 Å². The van der Waals surface area contributed by atoms with Crippen LogP contribution in [0.1, 0.15) is 18.1 Å². The number of anilines is 1. The third kappa shape index (κ3) is 3.72. The summed E-state index contributed by atoms with van der Waals surface area (Å²) in [6.45, 7) is 6.69. The van der Waals surface area contributed by atoms with Crippen LogP contribution < -0.4 is 5.32 Å². The molecule has 0 fully saturated rings. The van der Waals surface area contributed by atoms with E-state index < -0.39 is 0 Å². The van der Waals surface area contributed by atoms with Gasteiger partial charge in [-0.25, -0.2) is 9.37 Å². The first-order valence-electron chi connectivity index (χ1n) is 7.22. The van der Waals surface area contributed by atoms with E-state index in [0.717, 1.165) is 40.9 Å². The van der Waals surface area contributed by atoms with Gasteiger partial charge < -0.3 is 5.32 Å². The molecule has 0 aliphatic carbocycles. The highest BCUT2D eigenvalue weighted by molar-refractivity contribution is 14.1. The van der Waals surface area contributed by atoms with Gasteiger partial charge in [0.2, 0.25) is 0 Å².